The van der Waals surface area contributed by atoms with Gasteiger partial charge >= 0.3 is 5.97 Å². The number of hydrogen-bond donors (Lipinski definition) is 2. The quantitative estimate of drug-likeness (QED) is 0.786. The lowest BCUT2D eigenvalue weighted by Gasteiger charge is -2.17. The fourth-order valence-electron chi connectivity index (χ4n) is 2.05. The Balaban J connectivity index is 2.00. The average molecular weight is 326 g/mol. The summed E-state index contributed by atoms with van der Waals surface area (Å²) in [5.74, 6) is -1.38. The Kier molecular flexibility index (Phi) is 6.08. The van der Waals surface area contributed by atoms with Crippen molar-refractivity contribution in [3.05, 3.63) is 71.8 Å². The zero-order valence-electron chi connectivity index (χ0n) is 13.2. The van der Waals surface area contributed by atoms with E-state index in [-0.39, 0.29) is 12.5 Å². The summed E-state index contributed by atoms with van der Waals surface area (Å²) >= 11 is 0. The molecule has 0 radical (unpaired) electrons. The molecule has 1 atom stereocenters. The maximum Gasteiger partial charge on any atom is 0.330 e. The number of hydrogen-bond acceptors (Lipinski definition) is 4. The molecule has 2 aromatic carbocycles. The van der Waals surface area contributed by atoms with Crippen molar-refractivity contribution in [2.45, 2.75) is 6.04 Å². The third-order valence-corrected chi connectivity index (χ3v) is 3.33. The summed E-state index contributed by atoms with van der Waals surface area (Å²) in [6.07, 6.45) is 0. The number of benzene rings is 2. The molecular weight excluding hydrogens is 308 g/mol. The number of ether oxygens (including phenoxy) is 1. The SMILES string of the molecule is COC(=O)[C@@H](CNC(=O)c1ccccc1)NC(=O)c1ccccc1. The normalized spacial score (nSPS) is 11.2. The molecule has 2 N–H and O–H groups in total. The molecule has 0 aromatic heterocycles. The highest BCUT2D eigenvalue weighted by atomic mass is 16.5. The van der Waals surface area contributed by atoms with E-state index in [2.05, 4.69) is 15.4 Å². The van der Waals surface area contributed by atoms with Gasteiger partial charge < -0.3 is 15.4 Å². The molecule has 2 rings (SSSR count). The van der Waals surface area contributed by atoms with Crippen molar-refractivity contribution >= 4 is 17.8 Å². The Labute approximate surface area is 139 Å². The number of carbonyl (C=O) groups excluding carboxylic acids is 3. The lowest BCUT2D eigenvalue weighted by atomic mass is 10.2. The van der Waals surface area contributed by atoms with Crippen LogP contribution in [0.2, 0.25) is 0 Å². The Bertz CT molecular complexity index is 701. The Hall–Kier alpha value is -3.15. The van der Waals surface area contributed by atoms with Crippen molar-refractivity contribution in [2.24, 2.45) is 0 Å². The van der Waals surface area contributed by atoms with Crippen molar-refractivity contribution in [2.75, 3.05) is 13.7 Å². The highest BCUT2D eigenvalue weighted by molar-refractivity contribution is 5.97. The van der Waals surface area contributed by atoms with Gasteiger partial charge in [0.1, 0.15) is 6.04 Å². The van der Waals surface area contributed by atoms with Crippen molar-refractivity contribution in [1.82, 2.24) is 10.6 Å². The molecule has 0 aliphatic rings. The Morgan fingerprint density at radius 3 is 1.88 bits per heavy atom. The maximum absolute atomic E-state index is 12.2. The van der Waals surface area contributed by atoms with Gasteiger partial charge in [0.15, 0.2) is 0 Å². The van der Waals surface area contributed by atoms with Gasteiger partial charge in [0.2, 0.25) is 0 Å². The molecule has 124 valence electrons. The topological polar surface area (TPSA) is 84.5 Å². The second-order valence-corrected chi connectivity index (χ2v) is 4.99. The van der Waals surface area contributed by atoms with Gasteiger partial charge in [-0.05, 0) is 24.3 Å². The Morgan fingerprint density at radius 1 is 0.875 bits per heavy atom. The number of methoxy groups -OCH3 is 1. The summed E-state index contributed by atoms with van der Waals surface area (Å²) in [6.45, 7) is -0.0705. The van der Waals surface area contributed by atoms with Gasteiger partial charge in [-0.25, -0.2) is 4.79 Å². The molecule has 0 saturated heterocycles. The number of carbonyl (C=O) groups is 3. The smallest absolute Gasteiger partial charge is 0.330 e. The van der Waals surface area contributed by atoms with Crippen LogP contribution in [0.5, 0.6) is 0 Å². The fraction of sp³-hybridized carbons (Fsp3) is 0.167. The maximum atomic E-state index is 12.2. The van der Waals surface area contributed by atoms with Crippen LogP contribution in [0.4, 0.5) is 0 Å². The predicted molar refractivity (Wildman–Crippen MR) is 88.5 cm³/mol. The van der Waals surface area contributed by atoms with E-state index in [4.69, 9.17) is 0 Å². The van der Waals surface area contributed by atoms with E-state index in [1.807, 2.05) is 0 Å². The first-order chi connectivity index (χ1) is 11.6. The van der Waals surface area contributed by atoms with E-state index in [0.717, 1.165) is 0 Å². The molecule has 2 aromatic rings. The van der Waals surface area contributed by atoms with Gasteiger partial charge in [0.05, 0.1) is 7.11 Å². The van der Waals surface area contributed by atoms with Crippen molar-refractivity contribution < 1.29 is 19.1 Å². The number of rotatable bonds is 6. The molecule has 0 bridgehead atoms. The lowest BCUT2D eigenvalue weighted by molar-refractivity contribution is -0.142. The molecule has 0 aliphatic carbocycles. The monoisotopic (exact) mass is 326 g/mol. The van der Waals surface area contributed by atoms with Gasteiger partial charge in [-0.15, -0.1) is 0 Å². The second-order valence-electron chi connectivity index (χ2n) is 4.99. The summed E-state index contributed by atoms with van der Waals surface area (Å²) in [6, 6.07) is 16.1. The number of esters is 1. The van der Waals surface area contributed by atoms with Crippen LogP contribution in [0.3, 0.4) is 0 Å². The first-order valence-electron chi connectivity index (χ1n) is 7.39. The molecule has 6 heteroatoms. The van der Waals surface area contributed by atoms with Crippen LogP contribution in [0, 0.1) is 0 Å². The largest absolute Gasteiger partial charge is 0.467 e. The molecule has 0 heterocycles. The minimum absolute atomic E-state index is 0.0705. The van der Waals surface area contributed by atoms with Crippen molar-refractivity contribution in [1.29, 1.82) is 0 Å². The van der Waals surface area contributed by atoms with Crippen molar-refractivity contribution in [3.63, 3.8) is 0 Å². The van der Waals surface area contributed by atoms with Gasteiger partial charge in [-0.3, -0.25) is 9.59 Å². The standard InChI is InChI=1S/C18H18N2O4/c1-24-18(23)15(20-17(22)14-10-6-3-7-11-14)12-19-16(21)13-8-4-2-5-9-13/h2-11,15H,12H2,1H3,(H,19,21)(H,20,22)/t15-/m1/s1. The zero-order valence-corrected chi connectivity index (χ0v) is 13.2. The predicted octanol–water partition coefficient (Wildman–Crippen LogP) is 1.39. The van der Waals surface area contributed by atoms with Crippen LogP contribution >= 0.6 is 0 Å². The summed E-state index contributed by atoms with van der Waals surface area (Å²) in [7, 11) is 1.23. The molecule has 0 aliphatic heterocycles. The minimum atomic E-state index is -0.977. The highest BCUT2D eigenvalue weighted by Gasteiger charge is 2.23. The molecule has 0 unspecified atom stereocenters. The third kappa shape index (κ3) is 4.67. The molecule has 6 nitrogen and oxygen atoms in total. The lowest BCUT2D eigenvalue weighted by Crippen LogP contribution is -2.49. The van der Waals surface area contributed by atoms with Crippen LogP contribution in [-0.4, -0.2) is 37.5 Å². The van der Waals surface area contributed by atoms with E-state index in [0.29, 0.717) is 11.1 Å². The van der Waals surface area contributed by atoms with Crippen LogP contribution in [0.15, 0.2) is 60.7 Å². The van der Waals surface area contributed by atoms with Crippen molar-refractivity contribution in [3.8, 4) is 0 Å². The zero-order chi connectivity index (χ0) is 17.4. The Morgan fingerprint density at radius 2 is 1.38 bits per heavy atom. The molecular formula is C18H18N2O4. The highest BCUT2D eigenvalue weighted by Crippen LogP contribution is 2.01. The van der Waals surface area contributed by atoms with E-state index in [1.165, 1.54) is 7.11 Å². The van der Waals surface area contributed by atoms with E-state index in [9.17, 15) is 14.4 Å². The first-order valence-corrected chi connectivity index (χ1v) is 7.39. The van der Waals surface area contributed by atoms with Gasteiger partial charge in [-0.2, -0.15) is 0 Å². The number of nitrogens with one attached hydrogen (secondary N) is 2. The first kappa shape index (κ1) is 17.2. The summed E-state index contributed by atoms with van der Waals surface area (Å²) in [5, 5.41) is 5.18. The summed E-state index contributed by atoms with van der Waals surface area (Å²) in [5.41, 5.74) is 0.885. The average Bonchev–Trinajstić information content (AvgIpc) is 2.65. The van der Waals surface area contributed by atoms with Gasteiger partial charge in [0.25, 0.3) is 11.8 Å². The molecule has 24 heavy (non-hydrogen) atoms. The van der Waals surface area contributed by atoms with Crippen LogP contribution in [0.1, 0.15) is 20.7 Å². The van der Waals surface area contributed by atoms with Crippen LogP contribution < -0.4 is 10.6 Å². The fourth-order valence-corrected chi connectivity index (χ4v) is 2.05. The number of amides is 2. The summed E-state index contributed by atoms with van der Waals surface area (Å²) in [4.78, 5) is 36.0. The second kappa shape index (κ2) is 8.47. The van der Waals surface area contributed by atoms with Crippen LogP contribution in [0.25, 0.3) is 0 Å². The molecule has 0 spiro atoms. The third-order valence-electron chi connectivity index (χ3n) is 3.33. The van der Waals surface area contributed by atoms with E-state index >= 15 is 0 Å². The molecule has 0 saturated carbocycles. The van der Waals surface area contributed by atoms with E-state index < -0.39 is 17.9 Å². The van der Waals surface area contributed by atoms with Crippen LogP contribution in [-0.2, 0) is 9.53 Å². The van der Waals surface area contributed by atoms with Gasteiger partial charge in [0, 0.05) is 17.7 Å². The van der Waals surface area contributed by atoms with Gasteiger partial charge in [-0.1, -0.05) is 36.4 Å². The molecule has 0 fully saturated rings. The summed E-state index contributed by atoms with van der Waals surface area (Å²) < 4.78 is 4.68. The minimum Gasteiger partial charge on any atom is -0.467 e. The molecule has 2 amide bonds. The van der Waals surface area contributed by atoms with E-state index in [1.54, 1.807) is 60.7 Å².